The zero-order valence-corrected chi connectivity index (χ0v) is 16.1. The number of rotatable bonds is 4. The first kappa shape index (κ1) is 22.2. The molecule has 0 spiro atoms. The van der Waals surface area contributed by atoms with Crippen LogP contribution in [0.15, 0.2) is 30.3 Å². The van der Waals surface area contributed by atoms with Crippen molar-refractivity contribution in [2.45, 2.75) is 31.9 Å². The van der Waals surface area contributed by atoms with Gasteiger partial charge in [-0.1, -0.05) is 24.3 Å². The molecule has 0 saturated carbocycles. The van der Waals surface area contributed by atoms with Crippen LogP contribution in [0.5, 0.6) is 5.75 Å². The van der Waals surface area contributed by atoms with Gasteiger partial charge in [0.1, 0.15) is 5.60 Å². The van der Waals surface area contributed by atoms with E-state index in [9.17, 15) is 36.5 Å². The second-order valence-corrected chi connectivity index (χ2v) is 8.22. The maximum atomic E-state index is 12.7. The Bertz CT molecular complexity index is 1080. The molecule has 9 nitrogen and oxygen atoms in total. The van der Waals surface area contributed by atoms with Crippen molar-refractivity contribution in [1.82, 2.24) is 0 Å². The molecule has 0 bridgehead atoms. The summed E-state index contributed by atoms with van der Waals surface area (Å²) in [5.74, 6) is -1.13. The third kappa shape index (κ3) is 5.04. The number of nitro benzene ring substituents is 1. The van der Waals surface area contributed by atoms with Gasteiger partial charge in [0.05, 0.1) is 10.6 Å². The Morgan fingerprint density at radius 2 is 1.69 bits per heavy atom. The summed E-state index contributed by atoms with van der Waals surface area (Å²) < 4.78 is 70.0. The van der Waals surface area contributed by atoms with Crippen LogP contribution < -0.4 is 9.50 Å². The van der Waals surface area contributed by atoms with Crippen LogP contribution in [-0.4, -0.2) is 30.5 Å². The Balaban J connectivity index is 2.68. The number of nitrogens with one attached hydrogen (secondary N) is 1. The van der Waals surface area contributed by atoms with E-state index >= 15 is 0 Å². The largest absolute Gasteiger partial charge is 0.534 e. The fourth-order valence-electron chi connectivity index (χ4n) is 2.23. The van der Waals surface area contributed by atoms with Crippen molar-refractivity contribution in [3.63, 3.8) is 0 Å². The van der Waals surface area contributed by atoms with Gasteiger partial charge in [-0.2, -0.15) is 21.6 Å². The number of nitro groups is 1. The average Bonchev–Trinajstić information content (AvgIpc) is 2.53. The molecule has 0 fully saturated rings. The van der Waals surface area contributed by atoms with E-state index < -0.39 is 43.7 Å². The van der Waals surface area contributed by atoms with Gasteiger partial charge in [0.25, 0.3) is 0 Å². The van der Waals surface area contributed by atoms with Crippen LogP contribution in [-0.2, 0) is 14.9 Å². The van der Waals surface area contributed by atoms with Gasteiger partial charge in [-0.15, -0.1) is 0 Å². The molecule has 0 unspecified atom stereocenters. The van der Waals surface area contributed by atoms with Crippen molar-refractivity contribution in [3.8, 4) is 5.75 Å². The van der Waals surface area contributed by atoms with E-state index in [4.69, 9.17) is 4.74 Å². The lowest BCUT2D eigenvalue weighted by Gasteiger charge is -2.20. The quantitative estimate of drug-likeness (QED) is 0.327. The fourth-order valence-corrected chi connectivity index (χ4v) is 2.72. The Hall–Kier alpha value is -3.09. The number of carbonyl (C=O) groups is 1. The van der Waals surface area contributed by atoms with Crippen LogP contribution in [0.1, 0.15) is 20.8 Å². The van der Waals surface area contributed by atoms with Crippen LogP contribution in [0, 0.1) is 10.1 Å². The van der Waals surface area contributed by atoms with Crippen LogP contribution in [0.4, 0.5) is 29.3 Å². The molecule has 0 aliphatic carbocycles. The minimum Gasteiger partial charge on any atom is -0.444 e. The Morgan fingerprint density at radius 3 is 2.17 bits per heavy atom. The second-order valence-electron chi connectivity index (χ2n) is 6.69. The molecule has 29 heavy (non-hydrogen) atoms. The summed E-state index contributed by atoms with van der Waals surface area (Å²) in [4.78, 5) is 22.3. The van der Waals surface area contributed by atoms with Crippen LogP contribution in [0.25, 0.3) is 10.8 Å². The van der Waals surface area contributed by atoms with Crippen molar-refractivity contribution < 1.29 is 40.2 Å². The summed E-state index contributed by atoms with van der Waals surface area (Å²) in [6.07, 6.45) is -0.978. The predicted molar refractivity (Wildman–Crippen MR) is 96.1 cm³/mol. The van der Waals surface area contributed by atoms with Gasteiger partial charge in [0, 0.05) is 16.8 Å². The van der Waals surface area contributed by atoms with Crippen molar-refractivity contribution in [2.24, 2.45) is 0 Å². The molecule has 0 radical (unpaired) electrons. The minimum absolute atomic E-state index is 0.00339. The van der Waals surface area contributed by atoms with Gasteiger partial charge < -0.3 is 8.92 Å². The Kier molecular flexibility index (Phi) is 5.65. The number of hydrogen-bond acceptors (Lipinski definition) is 7. The number of benzene rings is 2. The van der Waals surface area contributed by atoms with E-state index in [0.717, 1.165) is 6.07 Å². The molecule has 13 heteroatoms. The highest BCUT2D eigenvalue weighted by molar-refractivity contribution is 7.88. The number of anilines is 1. The van der Waals surface area contributed by atoms with Gasteiger partial charge in [-0.05, 0) is 20.8 Å². The molecular formula is C16H15F3N2O7S. The monoisotopic (exact) mass is 436 g/mol. The number of nitrogens with zero attached hydrogens (tertiary/aromatic N) is 1. The van der Waals surface area contributed by atoms with Gasteiger partial charge in [0.2, 0.25) is 5.75 Å². The number of hydrogen-bond donors (Lipinski definition) is 1. The highest BCUT2D eigenvalue weighted by atomic mass is 32.2. The summed E-state index contributed by atoms with van der Waals surface area (Å²) >= 11 is 0. The molecule has 0 aliphatic heterocycles. The fraction of sp³-hybridized carbons (Fsp3) is 0.312. The van der Waals surface area contributed by atoms with Gasteiger partial charge in [0.15, 0.2) is 0 Å². The minimum atomic E-state index is -6.17. The highest BCUT2D eigenvalue weighted by Crippen LogP contribution is 2.42. The van der Waals surface area contributed by atoms with E-state index in [-0.39, 0.29) is 16.5 Å². The summed E-state index contributed by atoms with van der Waals surface area (Å²) in [7, 11) is -6.17. The Labute approximate surface area is 162 Å². The van der Waals surface area contributed by atoms with Gasteiger partial charge >= 0.3 is 27.4 Å². The topological polar surface area (TPSA) is 125 Å². The number of ether oxygens (including phenoxy) is 1. The molecule has 1 amide bonds. The molecule has 0 heterocycles. The van der Waals surface area contributed by atoms with Crippen LogP contribution in [0.3, 0.4) is 0 Å². The molecule has 0 aromatic heterocycles. The number of alkyl halides is 3. The molecule has 1 N–H and O–H groups in total. The maximum absolute atomic E-state index is 12.7. The SMILES string of the molecule is CC(C)(C)OC(=O)Nc1cc([N+](=O)[O-])c(OS(=O)(=O)C(F)(F)F)c2ccccc12. The van der Waals surface area contributed by atoms with E-state index in [1.165, 1.54) is 18.2 Å². The molecule has 0 saturated heterocycles. The summed E-state index contributed by atoms with van der Waals surface area (Å²) in [5.41, 5.74) is -7.97. The smallest absolute Gasteiger partial charge is 0.444 e. The van der Waals surface area contributed by atoms with E-state index in [0.29, 0.717) is 6.07 Å². The summed E-state index contributed by atoms with van der Waals surface area (Å²) in [5, 5.41) is 13.3. The molecule has 0 atom stereocenters. The van der Waals surface area contributed by atoms with E-state index in [1.807, 2.05) is 0 Å². The van der Waals surface area contributed by atoms with Crippen LogP contribution >= 0.6 is 0 Å². The van der Waals surface area contributed by atoms with Crippen molar-refractivity contribution >= 4 is 38.4 Å². The molecule has 2 rings (SSSR count). The molecular weight excluding hydrogens is 421 g/mol. The van der Waals surface area contributed by atoms with Crippen LogP contribution in [0.2, 0.25) is 0 Å². The normalized spacial score (nSPS) is 12.5. The zero-order chi connectivity index (χ0) is 22.2. The summed E-state index contributed by atoms with van der Waals surface area (Å²) in [6.45, 7) is 4.73. The number of carbonyl (C=O) groups excluding carboxylic acids is 1. The summed E-state index contributed by atoms with van der Waals surface area (Å²) in [6, 6.07) is 5.84. The van der Waals surface area contributed by atoms with Crippen molar-refractivity contribution in [2.75, 3.05) is 5.32 Å². The van der Waals surface area contributed by atoms with Gasteiger partial charge in [-0.25, -0.2) is 4.79 Å². The first-order chi connectivity index (χ1) is 13.1. The molecule has 158 valence electrons. The Morgan fingerprint density at radius 1 is 1.14 bits per heavy atom. The maximum Gasteiger partial charge on any atom is 0.534 e. The third-order valence-corrected chi connectivity index (χ3v) is 4.24. The number of amides is 1. The number of fused-ring (bicyclic) bond motifs is 1. The third-order valence-electron chi connectivity index (χ3n) is 3.28. The van der Waals surface area contributed by atoms with Crippen molar-refractivity contribution in [1.29, 1.82) is 0 Å². The first-order valence-corrected chi connectivity index (χ1v) is 9.24. The molecule has 2 aromatic rings. The zero-order valence-electron chi connectivity index (χ0n) is 15.2. The van der Waals surface area contributed by atoms with E-state index in [2.05, 4.69) is 9.50 Å². The standard InChI is InChI=1S/C16H15F3N2O7S/c1-15(2,3)27-14(22)20-11-8-12(21(23)24)13(10-7-5-4-6-9(10)11)28-29(25,26)16(17,18)19/h4-8H,1-3H3,(H,20,22). The van der Waals surface area contributed by atoms with Gasteiger partial charge in [-0.3, -0.25) is 15.4 Å². The van der Waals surface area contributed by atoms with E-state index in [1.54, 1.807) is 20.8 Å². The lowest BCUT2D eigenvalue weighted by Crippen LogP contribution is -2.28. The lowest BCUT2D eigenvalue weighted by molar-refractivity contribution is -0.385. The average molecular weight is 436 g/mol. The highest BCUT2D eigenvalue weighted by Gasteiger charge is 2.49. The predicted octanol–water partition coefficient (Wildman–Crippen LogP) is 4.32. The molecule has 2 aromatic carbocycles. The number of halogens is 3. The molecule has 0 aliphatic rings. The second kappa shape index (κ2) is 7.39. The first-order valence-electron chi connectivity index (χ1n) is 7.83. The van der Waals surface area contributed by atoms with Crippen molar-refractivity contribution in [3.05, 3.63) is 40.4 Å². The lowest BCUT2D eigenvalue weighted by atomic mass is 10.1.